The van der Waals surface area contributed by atoms with E-state index < -0.39 is 48.0 Å². The van der Waals surface area contributed by atoms with Crippen LogP contribution in [0.3, 0.4) is 0 Å². The molecule has 0 fully saturated rings. The summed E-state index contributed by atoms with van der Waals surface area (Å²) in [4.78, 5) is 50.9. The van der Waals surface area contributed by atoms with Crippen LogP contribution in [0.5, 0.6) is 0 Å². The molecule has 0 spiro atoms. The number of thiophene rings is 1. The Hall–Kier alpha value is -3.40. The van der Waals surface area contributed by atoms with E-state index in [1.807, 2.05) is 23.6 Å². The van der Waals surface area contributed by atoms with Crippen LogP contribution >= 0.6 is 11.3 Å². The van der Waals surface area contributed by atoms with E-state index in [1.54, 1.807) is 45.0 Å². The molecule has 9 nitrogen and oxygen atoms in total. The zero-order valence-corrected chi connectivity index (χ0v) is 20.5. The van der Waals surface area contributed by atoms with Gasteiger partial charge in [-0.2, -0.15) is 0 Å². The topological polar surface area (TPSA) is 120 Å². The normalized spacial score (nSPS) is 12.7. The Labute approximate surface area is 202 Å². The Morgan fingerprint density at radius 2 is 1.68 bits per heavy atom. The van der Waals surface area contributed by atoms with Gasteiger partial charge in [0.2, 0.25) is 5.91 Å². The SMILES string of the molecule is COC(=O)[C@H](Cc1cccs1)NC(=O)[C@H](CC(=O)OC(C)(C)C)NC(=O)OCc1ccccc1. The second-order valence-corrected chi connectivity index (χ2v) is 9.45. The molecule has 2 aromatic rings. The number of carbonyl (C=O) groups excluding carboxylic acids is 4. The summed E-state index contributed by atoms with van der Waals surface area (Å²) in [6, 6.07) is 10.3. The third-order valence-corrected chi connectivity index (χ3v) is 5.30. The average Bonchev–Trinajstić information content (AvgIpc) is 3.28. The Balaban J connectivity index is 2.10. The quantitative estimate of drug-likeness (QED) is 0.388. The number of benzene rings is 1. The Morgan fingerprint density at radius 1 is 0.971 bits per heavy atom. The predicted molar refractivity (Wildman–Crippen MR) is 126 cm³/mol. The second kappa shape index (κ2) is 12.7. The zero-order valence-electron chi connectivity index (χ0n) is 19.7. The summed E-state index contributed by atoms with van der Waals surface area (Å²) < 4.78 is 15.3. The lowest BCUT2D eigenvalue weighted by Crippen LogP contribution is -2.53. The highest BCUT2D eigenvalue weighted by Crippen LogP contribution is 2.13. The van der Waals surface area contributed by atoms with Crippen molar-refractivity contribution in [3.05, 3.63) is 58.3 Å². The highest BCUT2D eigenvalue weighted by atomic mass is 32.1. The first-order valence-corrected chi connectivity index (χ1v) is 11.5. The van der Waals surface area contributed by atoms with Crippen LogP contribution in [0.2, 0.25) is 0 Å². The van der Waals surface area contributed by atoms with E-state index in [-0.39, 0.29) is 13.0 Å². The molecule has 0 bridgehead atoms. The number of alkyl carbamates (subject to hydrolysis) is 1. The van der Waals surface area contributed by atoms with Crippen LogP contribution in [-0.2, 0) is 41.6 Å². The van der Waals surface area contributed by atoms with Gasteiger partial charge in [0.05, 0.1) is 13.5 Å². The average molecular weight is 491 g/mol. The molecule has 2 rings (SSSR count). The highest BCUT2D eigenvalue weighted by molar-refractivity contribution is 7.09. The summed E-state index contributed by atoms with van der Waals surface area (Å²) in [6.45, 7) is 5.05. The summed E-state index contributed by atoms with van der Waals surface area (Å²) in [7, 11) is 1.22. The van der Waals surface area contributed by atoms with Gasteiger partial charge in [0.1, 0.15) is 24.3 Å². The van der Waals surface area contributed by atoms with Crippen molar-refractivity contribution < 1.29 is 33.4 Å². The lowest BCUT2D eigenvalue weighted by molar-refractivity contribution is -0.156. The van der Waals surface area contributed by atoms with Crippen LogP contribution in [0.1, 0.15) is 37.6 Å². The number of hydrogen-bond acceptors (Lipinski definition) is 8. The molecule has 0 saturated carbocycles. The largest absolute Gasteiger partial charge is 0.467 e. The third kappa shape index (κ3) is 9.62. The molecule has 1 aromatic carbocycles. The van der Waals surface area contributed by atoms with Crippen molar-refractivity contribution in [3.8, 4) is 0 Å². The number of ether oxygens (including phenoxy) is 3. The molecule has 2 N–H and O–H groups in total. The summed E-state index contributed by atoms with van der Waals surface area (Å²) in [5.41, 5.74) is -0.0212. The van der Waals surface area contributed by atoms with Crippen LogP contribution in [0, 0.1) is 0 Å². The minimum Gasteiger partial charge on any atom is -0.467 e. The van der Waals surface area contributed by atoms with Crippen molar-refractivity contribution in [1.82, 2.24) is 10.6 Å². The van der Waals surface area contributed by atoms with Crippen LogP contribution in [0.15, 0.2) is 47.8 Å². The fraction of sp³-hybridized carbons (Fsp3) is 0.417. The van der Waals surface area contributed by atoms with Crippen LogP contribution < -0.4 is 10.6 Å². The van der Waals surface area contributed by atoms with Crippen LogP contribution in [0.25, 0.3) is 0 Å². The fourth-order valence-electron chi connectivity index (χ4n) is 2.90. The maximum atomic E-state index is 13.0. The molecule has 1 aromatic heterocycles. The summed E-state index contributed by atoms with van der Waals surface area (Å²) >= 11 is 1.42. The highest BCUT2D eigenvalue weighted by Gasteiger charge is 2.31. The molecule has 0 unspecified atom stereocenters. The standard InChI is InChI=1S/C24H30N2O7S/c1-24(2,3)33-20(27)14-18(26-23(30)32-15-16-9-6-5-7-10-16)21(28)25-19(22(29)31-4)13-17-11-8-12-34-17/h5-12,18-19H,13-15H2,1-4H3,(H,25,28)(H,26,30)/t18-,19-/m0/s1. The number of rotatable bonds is 10. The molecule has 10 heteroatoms. The van der Waals surface area contributed by atoms with Gasteiger partial charge in [0, 0.05) is 11.3 Å². The molecule has 0 radical (unpaired) electrons. The van der Waals surface area contributed by atoms with Crippen molar-refractivity contribution in [3.63, 3.8) is 0 Å². The maximum Gasteiger partial charge on any atom is 0.408 e. The molecule has 0 aliphatic carbocycles. The Kier molecular flexibility index (Phi) is 10.1. The minimum atomic E-state index is -1.33. The molecule has 184 valence electrons. The first-order valence-electron chi connectivity index (χ1n) is 10.7. The van der Waals surface area contributed by atoms with Crippen molar-refractivity contribution in [2.75, 3.05) is 7.11 Å². The summed E-state index contributed by atoms with van der Waals surface area (Å²) in [6.07, 6.45) is -1.13. The van der Waals surface area contributed by atoms with Gasteiger partial charge in [-0.05, 0) is 37.8 Å². The number of esters is 2. The summed E-state index contributed by atoms with van der Waals surface area (Å²) in [5, 5.41) is 6.82. The molecule has 34 heavy (non-hydrogen) atoms. The van der Waals surface area contributed by atoms with Gasteiger partial charge in [-0.3, -0.25) is 9.59 Å². The lowest BCUT2D eigenvalue weighted by atomic mass is 10.1. The van der Waals surface area contributed by atoms with Crippen molar-refractivity contribution >= 4 is 35.3 Å². The van der Waals surface area contributed by atoms with E-state index >= 15 is 0 Å². The monoisotopic (exact) mass is 490 g/mol. The molecule has 1 heterocycles. The van der Waals surface area contributed by atoms with E-state index in [2.05, 4.69) is 10.6 Å². The van der Waals surface area contributed by atoms with E-state index in [0.29, 0.717) is 0 Å². The maximum absolute atomic E-state index is 13.0. The van der Waals surface area contributed by atoms with Gasteiger partial charge in [-0.15, -0.1) is 11.3 Å². The number of nitrogens with one attached hydrogen (secondary N) is 2. The van der Waals surface area contributed by atoms with Gasteiger partial charge in [0.25, 0.3) is 0 Å². The molecule has 0 aliphatic rings. The van der Waals surface area contributed by atoms with Crippen molar-refractivity contribution in [2.45, 2.75) is 57.9 Å². The number of carbonyl (C=O) groups is 4. The van der Waals surface area contributed by atoms with Gasteiger partial charge in [-0.1, -0.05) is 36.4 Å². The van der Waals surface area contributed by atoms with Crippen LogP contribution in [0.4, 0.5) is 4.79 Å². The number of amides is 2. The van der Waals surface area contributed by atoms with E-state index in [1.165, 1.54) is 18.4 Å². The Bertz CT molecular complexity index is 955. The molecular formula is C24H30N2O7S. The van der Waals surface area contributed by atoms with Crippen LogP contribution in [-0.4, -0.2) is 48.7 Å². The number of hydrogen-bond donors (Lipinski definition) is 2. The smallest absolute Gasteiger partial charge is 0.408 e. The molecule has 2 amide bonds. The lowest BCUT2D eigenvalue weighted by Gasteiger charge is -2.24. The minimum absolute atomic E-state index is 0.0172. The van der Waals surface area contributed by atoms with Gasteiger partial charge >= 0.3 is 18.0 Å². The van der Waals surface area contributed by atoms with E-state index in [0.717, 1.165) is 10.4 Å². The molecule has 0 saturated heterocycles. The first-order chi connectivity index (χ1) is 16.1. The summed E-state index contributed by atoms with van der Waals surface area (Å²) in [5.74, 6) is -2.08. The van der Waals surface area contributed by atoms with Gasteiger partial charge < -0.3 is 24.8 Å². The molecule has 2 atom stereocenters. The Morgan fingerprint density at radius 3 is 2.26 bits per heavy atom. The van der Waals surface area contributed by atoms with Crippen molar-refractivity contribution in [2.24, 2.45) is 0 Å². The van der Waals surface area contributed by atoms with Gasteiger partial charge in [-0.25, -0.2) is 9.59 Å². The fourth-order valence-corrected chi connectivity index (χ4v) is 3.66. The number of methoxy groups -OCH3 is 1. The zero-order chi connectivity index (χ0) is 25.1. The van der Waals surface area contributed by atoms with Crippen molar-refractivity contribution in [1.29, 1.82) is 0 Å². The second-order valence-electron chi connectivity index (χ2n) is 8.42. The first kappa shape index (κ1) is 26.8. The van der Waals surface area contributed by atoms with Gasteiger partial charge in [0.15, 0.2) is 0 Å². The molecule has 0 aliphatic heterocycles. The molecular weight excluding hydrogens is 460 g/mol. The van der Waals surface area contributed by atoms with E-state index in [4.69, 9.17) is 14.2 Å². The van der Waals surface area contributed by atoms with E-state index in [9.17, 15) is 19.2 Å². The third-order valence-electron chi connectivity index (χ3n) is 4.40. The predicted octanol–water partition coefficient (Wildman–Crippen LogP) is 2.98.